The fourth-order valence-electron chi connectivity index (χ4n) is 3.90. The van der Waals surface area contributed by atoms with E-state index in [4.69, 9.17) is 10.00 Å². The molecule has 9 heteroatoms. The van der Waals surface area contributed by atoms with Crippen LogP contribution >= 0.6 is 0 Å². The minimum absolute atomic E-state index is 0.0158. The van der Waals surface area contributed by atoms with Crippen molar-refractivity contribution in [3.63, 3.8) is 0 Å². The van der Waals surface area contributed by atoms with Crippen molar-refractivity contribution in [2.45, 2.75) is 46.1 Å². The Morgan fingerprint density at radius 2 is 1.97 bits per heavy atom. The Labute approximate surface area is 185 Å². The average Bonchev–Trinajstić information content (AvgIpc) is 2.86. The smallest absolute Gasteiger partial charge is 0.306 e. The molecule has 1 aromatic carbocycles. The van der Waals surface area contributed by atoms with Crippen LogP contribution in [0.4, 0.5) is 11.4 Å². The number of carbonyl (C=O) groups is 3. The van der Waals surface area contributed by atoms with Gasteiger partial charge in [-0.1, -0.05) is 12.1 Å². The SMILES string of the molecule is Cc1[nH]c(=O)c(C#N)c(C)c1CCC(=O)OCC(=O)N1c2ccccc2NC(=O)C[C@H]1C. The number of pyridine rings is 1. The quantitative estimate of drug-likeness (QED) is 0.690. The van der Waals surface area contributed by atoms with Gasteiger partial charge in [0.25, 0.3) is 11.5 Å². The summed E-state index contributed by atoms with van der Waals surface area (Å²) in [5.41, 5.74) is 2.45. The van der Waals surface area contributed by atoms with E-state index in [0.717, 1.165) is 0 Å². The van der Waals surface area contributed by atoms with Crippen LogP contribution in [0.1, 0.15) is 42.1 Å². The van der Waals surface area contributed by atoms with E-state index >= 15 is 0 Å². The summed E-state index contributed by atoms with van der Waals surface area (Å²) in [6.45, 7) is 4.67. The van der Waals surface area contributed by atoms with Crippen molar-refractivity contribution in [3.05, 3.63) is 57.0 Å². The van der Waals surface area contributed by atoms with Gasteiger partial charge in [0.15, 0.2) is 6.61 Å². The van der Waals surface area contributed by atoms with E-state index in [1.54, 1.807) is 45.0 Å². The van der Waals surface area contributed by atoms with Crippen LogP contribution in [-0.2, 0) is 25.5 Å². The van der Waals surface area contributed by atoms with Crippen molar-refractivity contribution in [2.75, 3.05) is 16.8 Å². The minimum Gasteiger partial charge on any atom is -0.456 e. The number of aromatic amines is 1. The molecule has 1 atom stereocenters. The number of aromatic nitrogens is 1. The number of hydrogen-bond acceptors (Lipinski definition) is 6. The van der Waals surface area contributed by atoms with E-state index in [2.05, 4.69) is 10.3 Å². The highest BCUT2D eigenvalue weighted by Crippen LogP contribution is 2.31. The van der Waals surface area contributed by atoms with E-state index in [1.807, 2.05) is 6.07 Å². The summed E-state index contributed by atoms with van der Waals surface area (Å²) in [4.78, 5) is 53.1. The Kier molecular flexibility index (Phi) is 6.73. The van der Waals surface area contributed by atoms with Crippen LogP contribution in [0, 0.1) is 25.2 Å². The zero-order valence-corrected chi connectivity index (χ0v) is 18.2. The van der Waals surface area contributed by atoms with Crippen molar-refractivity contribution in [3.8, 4) is 6.07 Å². The van der Waals surface area contributed by atoms with Crippen LogP contribution in [0.2, 0.25) is 0 Å². The molecule has 1 aromatic heterocycles. The molecule has 32 heavy (non-hydrogen) atoms. The van der Waals surface area contributed by atoms with Crippen molar-refractivity contribution >= 4 is 29.2 Å². The lowest BCUT2D eigenvalue weighted by Crippen LogP contribution is -2.41. The number of para-hydroxylation sites is 2. The Balaban J connectivity index is 1.66. The second kappa shape index (κ2) is 9.47. The molecule has 2 heterocycles. The lowest BCUT2D eigenvalue weighted by molar-refractivity contribution is -0.148. The zero-order chi connectivity index (χ0) is 23.4. The van der Waals surface area contributed by atoms with Crippen LogP contribution in [0.15, 0.2) is 29.1 Å². The Morgan fingerprint density at radius 3 is 2.69 bits per heavy atom. The van der Waals surface area contributed by atoms with Crippen LogP contribution in [0.25, 0.3) is 0 Å². The minimum atomic E-state index is -0.577. The van der Waals surface area contributed by atoms with Gasteiger partial charge in [-0.3, -0.25) is 19.2 Å². The monoisotopic (exact) mass is 436 g/mol. The molecule has 0 aliphatic carbocycles. The molecule has 2 aromatic rings. The molecule has 1 aliphatic rings. The summed E-state index contributed by atoms with van der Waals surface area (Å²) >= 11 is 0. The normalized spacial score (nSPS) is 15.2. The summed E-state index contributed by atoms with van der Waals surface area (Å²) in [5, 5.41) is 11.9. The number of amides is 2. The van der Waals surface area contributed by atoms with Crippen molar-refractivity contribution in [2.24, 2.45) is 0 Å². The first kappa shape index (κ1) is 22.7. The molecular formula is C23H24N4O5. The Bertz CT molecular complexity index is 1180. The molecule has 0 unspecified atom stereocenters. The number of anilines is 2. The topological polar surface area (TPSA) is 132 Å². The van der Waals surface area contributed by atoms with Gasteiger partial charge in [-0.2, -0.15) is 5.26 Å². The first-order chi connectivity index (χ1) is 15.2. The van der Waals surface area contributed by atoms with Gasteiger partial charge in [-0.15, -0.1) is 0 Å². The molecule has 0 spiro atoms. The molecule has 166 valence electrons. The van der Waals surface area contributed by atoms with Gasteiger partial charge in [-0.05, 0) is 50.5 Å². The van der Waals surface area contributed by atoms with Crippen molar-refractivity contribution in [1.82, 2.24) is 4.98 Å². The highest BCUT2D eigenvalue weighted by atomic mass is 16.5. The summed E-state index contributed by atoms with van der Waals surface area (Å²) in [6.07, 6.45) is 0.371. The molecule has 9 nitrogen and oxygen atoms in total. The number of fused-ring (bicyclic) bond motifs is 1. The molecular weight excluding hydrogens is 412 g/mol. The highest BCUT2D eigenvalue weighted by Gasteiger charge is 2.30. The summed E-state index contributed by atoms with van der Waals surface area (Å²) in [6, 6.07) is 8.44. The molecule has 3 rings (SSSR count). The Morgan fingerprint density at radius 1 is 1.25 bits per heavy atom. The summed E-state index contributed by atoms with van der Waals surface area (Å²) in [7, 11) is 0. The third kappa shape index (κ3) is 4.70. The number of hydrogen-bond donors (Lipinski definition) is 2. The van der Waals surface area contributed by atoms with Gasteiger partial charge < -0.3 is 19.9 Å². The fourth-order valence-corrected chi connectivity index (χ4v) is 3.90. The van der Waals surface area contributed by atoms with Gasteiger partial charge >= 0.3 is 5.97 Å². The van der Waals surface area contributed by atoms with E-state index in [1.165, 1.54) is 4.90 Å². The summed E-state index contributed by atoms with van der Waals surface area (Å²) < 4.78 is 5.20. The van der Waals surface area contributed by atoms with E-state index in [-0.39, 0.29) is 30.7 Å². The average molecular weight is 436 g/mol. The molecule has 2 amide bonds. The molecule has 0 saturated heterocycles. The van der Waals surface area contributed by atoms with Gasteiger partial charge in [0.2, 0.25) is 5.91 Å². The number of aryl methyl sites for hydroxylation is 1. The first-order valence-corrected chi connectivity index (χ1v) is 10.2. The number of nitriles is 1. The third-order valence-electron chi connectivity index (χ3n) is 5.48. The Hall–Kier alpha value is -3.93. The number of ether oxygens (including phenoxy) is 1. The van der Waals surface area contributed by atoms with Crippen LogP contribution in [-0.4, -0.2) is 35.4 Å². The number of nitrogens with one attached hydrogen (secondary N) is 2. The van der Waals surface area contributed by atoms with Crippen LogP contribution in [0.3, 0.4) is 0 Å². The molecule has 0 bridgehead atoms. The summed E-state index contributed by atoms with van der Waals surface area (Å²) in [5.74, 6) is -1.20. The largest absolute Gasteiger partial charge is 0.456 e. The van der Waals surface area contributed by atoms with Crippen molar-refractivity contribution < 1.29 is 19.1 Å². The highest BCUT2D eigenvalue weighted by molar-refractivity contribution is 6.05. The number of esters is 1. The zero-order valence-electron chi connectivity index (χ0n) is 18.2. The second-order valence-corrected chi connectivity index (χ2v) is 7.71. The number of H-pyrrole nitrogens is 1. The van der Waals surface area contributed by atoms with Gasteiger partial charge in [-0.25, -0.2) is 0 Å². The van der Waals surface area contributed by atoms with Crippen LogP contribution in [0.5, 0.6) is 0 Å². The standard InChI is InChI=1S/C23H24N4O5/c1-13-10-20(28)26-18-6-4-5-7-19(18)27(13)21(29)12-32-22(30)9-8-16-14(2)17(11-24)23(31)25-15(16)3/h4-7,13H,8-10,12H2,1-3H3,(H,25,31)(H,26,28)/t13-/m1/s1. The van der Waals surface area contributed by atoms with Gasteiger partial charge in [0.1, 0.15) is 11.6 Å². The predicted octanol–water partition coefficient (Wildman–Crippen LogP) is 2.10. The van der Waals surface area contributed by atoms with Crippen molar-refractivity contribution in [1.29, 1.82) is 5.26 Å². The maximum atomic E-state index is 12.9. The van der Waals surface area contributed by atoms with E-state index < -0.39 is 30.1 Å². The molecule has 0 saturated carbocycles. The number of rotatable bonds is 5. The lowest BCUT2D eigenvalue weighted by atomic mass is 9.99. The predicted molar refractivity (Wildman–Crippen MR) is 117 cm³/mol. The second-order valence-electron chi connectivity index (χ2n) is 7.71. The fraction of sp³-hybridized carbons (Fsp3) is 0.348. The maximum Gasteiger partial charge on any atom is 0.306 e. The number of benzene rings is 1. The van der Waals surface area contributed by atoms with Gasteiger partial charge in [0, 0.05) is 24.6 Å². The van der Waals surface area contributed by atoms with E-state index in [0.29, 0.717) is 28.2 Å². The molecule has 1 aliphatic heterocycles. The first-order valence-electron chi connectivity index (χ1n) is 10.2. The maximum absolute atomic E-state index is 12.9. The van der Waals surface area contributed by atoms with Crippen LogP contribution < -0.4 is 15.8 Å². The van der Waals surface area contributed by atoms with E-state index in [9.17, 15) is 19.2 Å². The van der Waals surface area contributed by atoms with Gasteiger partial charge in [0.05, 0.1) is 11.4 Å². The number of nitrogens with zero attached hydrogens (tertiary/aromatic N) is 2. The number of carbonyl (C=O) groups excluding carboxylic acids is 3. The molecule has 0 fully saturated rings. The lowest BCUT2D eigenvalue weighted by Gasteiger charge is -2.27. The third-order valence-corrected chi connectivity index (χ3v) is 5.48. The molecule has 2 N–H and O–H groups in total. The molecule has 0 radical (unpaired) electrons.